The Morgan fingerprint density at radius 3 is 2.91 bits per heavy atom. The third-order valence-corrected chi connectivity index (χ3v) is 4.26. The molecule has 0 spiro atoms. The van der Waals surface area contributed by atoms with E-state index in [2.05, 4.69) is 22.5 Å². The number of aliphatic imine (C=N–C) groups is 1. The Morgan fingerprint density at radius 1 is 1.45 bits per heavy atom. The molecule has 2 atom stereocenters. The van der Waals surface area contributed by atoms with Crippen molar-refractivity contribution >= 4 is 11.9 Å². The van der Waals surface area contributed by atoms with E-state index in [1.807, 2.05) is 0 Å². The molecule has 1 aromatic rings. The average Bonchev–Trinajstić information content (AvgIpc) is 3.01. The van der Waals surface area contributed by atoms with Crippen LogP contribution in [-0.2, 0) is 6.54 Å². The monoisotopic (exact) mass is 306 g/mol. The molecule has 1 amide bonds. The fourth-order valence-corrected chi connectivity index (χ4v) is 2.96. The van der Waals surface area contributed by atoms with Crippen LogP contribution in [0.2, 0.25) is 0 Å². The van der Waals surface area contributed by atoms with Crippen LogP contribution in [0.5, 0.6) is 0 Å². The summed E-state index contributed by atoms with van der Waals surface area (Å²) in [7, 11) is 1.76. The summed E-state index contributed by atoms with van der Waals surface area (Å²) in [5.74, 6) is 1.86. The molecule has 1 aromatic heterocycles. The van der Waals surface area contributed by atoms with Gasteiger partial charge in [-0.2, -0.15) is 0 Å². The predicted octanol–water partition coefficient (Wildman–Crippen LogP) is 2.01. The van der Waals surface area contributed by atoms with E-state index in [0.717, 1.165) is 11.9 Å². The van der Waals surface area contributed by atoms with Gasteiger partial charge >= 0.3 is 0 Å². The first-order valence-electron chi connectivity index (χ1n) is 7.98. The molecule has 1 aliphatic rings. The maximum atomic E-state index is 11.0. The van der Waals surface area contributed by atoms with Gasteiger partial charge in [0.25, 0.3) is 5.91 Å². The lowest BCUT2D eigenvalue weighted by molar-refractivity contribution is 0.0972. The van der Waals surface area contributed by atoms with Crippen LogP contribution in [0, 0.1) is 5.92 Å². The first-order chi connectivity index (χ1) is 10.6. The Kier molecular flexibility index (Phi) is 5.86. The van der Waals surface area contributed by atoms with Gasteiger partial charge in [0, 0.05) is 13.1 Å². The summed E-state index contributed by atoms with van der Waals surface area (Å²) < 4.78 is 5.34. The van der Waals surface area contributed by atoms with E-state index in [1.165, 1.54) is 32.1 Å². The number of nitrogens with one attached hydrogen (secondary N) is 2. The number of nitrogens with two attached hydrogens (primary N) is 1. The Balaban J connectivity index is 1.83. The van der Waals surface area contributed by atoms with Crippen molar-refractivity contribution in [3.05, 3.63) is 23.7 Å². The zero-order chi connectivity index (χ0) is 15.9. The Morgan fingerprint density at radius 2 is 2.27 bits per heavy atom. The van der Waals surface area contributed by atoms with Crippen molar-refractivity contribution in [3.8, 4) is 0 Å². The van der Waals surface area contributed by atoms with E-state index in [0.29, 0.717) is 18.3 Å². The van der Waals surface area contributed by atoms with Gasteiger partial charge in [-0.1, -0.05) is 26.2 Å². The molecule has 2 unspecified atom stereocenters. The average molecular weight is 306 g/mol. The number of rotatable bonds is 5. The highest BCUT2D eigenvalue weighted by Crippen LogP contribution is 2.26. The molecule has 6 nitrogen and oxygen atoms in total. The minimum Gasteiger partial charge on any atom is -0.454 e. The molecule has 0 aliphatic heterocycles. The molecular weight excluding hydrogens is 280 g/mol. The molecule has 0 aromatic carbocycles. The van der Waals surface area contributed by atoms with Gasteiger partial charge in [-0.15, -0.1) is 0 Å². The zero-order valence-corrected chi connectivity index (χ0v) is 13.4. The van der Waals surface area contributed by atoms with Gasteiger partial charge in [-0.05, 0) is 30.9 Å². The molecule has 1 heterocycles. The summed E-state index contributed by atoms with van der Waals surface area (Å²) in [6.07, 6.45) is 6.23. The van der Waals surface area contributed by atoms with Gasteiger partial charge in [0.15, 0.2) is 11.7 Å². The van der Waals surface area contributed by atoms with Gasteiger partial charge in [0.1, 0.15) is 5.76 Å². The SMILES string of the molecule is CCC1CCCC(NC(=NC)NCc2ccc(C(N)=O)o2)C1. The number of furan rings is 1. The van der Waals surface area contributed by atoms with Crippen LogP contribution < -0.4 is 16.4 Å². The van der Waals surface area contributed by atoms with Gasteiger partial charge in [-0.25, -0.2) is 0 Å². The van der Waals surface area contributed by atoms with E-state index in [1.54, 1.807) is 19.2 Å². The second-order valence-electron chi connectivity index (χ2n) is 5.84. The number of carbonyl (C=O) groups excluding carboxylic acids is 1. The van der Waals surface area contributed by atoms with Crippen molar-refractivity contribution in [2.45, 2.75) is 51.6 Å². The first kappa shape index (κ1) is 16.4. The smallest absolute Gasteiger partial charge is 0.284 e. The summed E-state index contributed by atoms with van der Waals surface area (Å²) in [4.78, 5) is 15.3. The normalized spacial score (nSPS) is 22.4. The molecule has 1 fully saturated rings. The van der Waals surface area contributed by atoms with E-state index < -0.39 is 5.91 Å². The van der Waals surface area contributed by atoms with E-state index in [9.17, 15) is 4.79 Å². The highest BCUT2D eigenvalue weighted by molar-refractivity contribution is 5.89. The molecule has 122 valence electrons. The van der Waals surface area contributed by atoms with Crippen LogP contribution in [-0.4, -0.2) is 25.0 Å². The molecular formula is C16H26N4O2. The summed E-state index contributed by atoms with van der Waals surface area (Å²) >= 11 is 0. The van der Waals surface area contributed by atoms with Gasteiger partial charge < -0.3 is 20.8 Å². The van der Waals surface area contributed by atoms with Crippen molar-refractivity contribution in [1.82, 2.24) is 10.6 Å². The largest absolute Gasteiger partial charge is 0.454 e. The van der Waals surface area contributed by atoms with E-state index in [-0.39, 0.29) is 5.76 Å². The summed E-state index contributed by atoms with van der Waals surface area (Å²) in [5.41, 5.74) is 5.17. The Labute approximate surface area is 131 Å². The summed E-state index contributed by atoms with van der Waals surface area (Å²) in [6, 6.07) is 3.80. The third kappa shape index (κ3) is 4.51. The van der Waals surface area contributed by atoms with Crippen LogP contribution in [0.15, 0.2) is 21.5 Å². The number of primary amides is 1. The third-order valence-electron chi connectivity index (χ3n) is 4.26. The predicted molar refractivity (Wildman–Crippen MR) is 86.6 cm³/mol. The van der Waals surface area contributed by atoms with Crippen molar-refractivity contribution in [3.63, 3.8) is 0 Å². The number of nitrogens with zero attached hydrogens (tertiary/aromatic N) is 1. The fraction of sp³-hybridized carbons (Fsp3) is 0.625. The second kappa shape index (κ2) is 7.87. The number of amides is 1. The molecule has 6 heteroatoms. The quantitative estimate of drug-likeness (QED) is 0.573. The van der Waals surface area contributed by atoms with Crippen molar-refractivity contribution < 1.29 is 9.21 Å². The van der Waals surface area contributed by atoms with E-state index >= 15 is 0 Å². The van der Waals surface area contributed by atoms with E-state index in [4.69, 9.17) is 10.2 Å². The summed E-state index contributed by atoms with van der Waals surface area (Å²) in [6.45, 7) is 2.73. The lowest BCUT2D eigenvalue weighted by Gasteiger charge is -2.30. The molecule has 0 bridgehead atoms. The number of hydrogen-bond acceptors (Lipinski definition) is 3. The van der Waals surface area contributed by atoms with Crippen LogP contribution in [0.25, 0.3) is 0 Å². The molecule has 0 saturated heterocycles. The Bertz CT molecular complexity index is 524. The molecule has 22 heavy (non-hydrogen) atoms. The topological polar surface area (TPSA) is 92.6 Å². The molecule has 2 rings (SSSR count). The van der Waals surface area contributed by atoms with Crippen molar-refractivity contribution in [1.29, 1.82) is 0 Å². The maximum absolute atomic E-state index is 11.0. The highest BCUT2D eigenvalue weighted by atomic mass is 16.3. The molecule has 1 saturated carbocycles. The van der Waals surface area contributed by atoms with Crippen molar-refractivity contribution in [2.24, 2.45) is 16.6 Å². The van der Waals surface area contributed by atoms with Gasteiger partial charge in [-0.3, -0.25) is 9.79 Å². The first-order valence-corrected chi connectivity index (χ1v) is 7.98. The minimum atomic E-state index is -0.554. The van der Waals surface area contributed by atoms with Gasteiger partial charge in [0.2, 0.25) is 0 Å². The van der Waals surface area contributed by atoms with Crippen LogP contribution in [0.1, 0.15) is 55.3 Å². The molecule has 4 N–H and O–H groups in total. The standard InChI is InChI=1S/C16H26N4O2/c1-3-11-5-4-6-12(9-11)20-16(18-2)19-10-13-7-8-14(22-13)15(17)21/h7-8,11-12H,3-6,9-10H2,1-2H3,(H2,17,21)(H2,18,19,20). The minimum absolute atomic E-state index is 0.179. The summed E-state index contributed by atoms with van der Waals surface area (Å²) in [5, 5.41) is 6.69. The zero-order valence-electron chi connectivity index (χ0n) is 13.4. The Hall–Kier alpha value is -1.98. The number of guanidine groups is 1. The highest BCUT2D eigenvalue weighted by Gasteiger charge is 2.21. The van der Waals surface area contributed by atoms with Crippen LogP contribution >= 0.6 is 0 Å². The number of carbonyl (C=O) groups is 1. The van der Waals surface area contributed by atoms with Crippen LogP contribution in [0.3, 0.4) is 0 Å². The maximum Gasteiger partial charge on any atom is 0.284 e. The number of hydrogen-bond donors (Lipinski definition) is 3. The molecule has 1 aliphatic carbocycles. The lowest BCUT2D eigenvalue weighted by atomic mass is 9.84. The lowest BCUT2D eigenvalue weighted by Crippen LogP contribution is -2.44. The van der Waals surface area contributed by atoms with Crippen molar-refractivity contribution in [2.75, 3.05) is 7.05 Å². The van der Waals surface area contributed by atoms with Crippen LogP contribution in [0.4, 0.5) is 0 Å². The second-order valence-corrected chi connectivity index (χ2v) is 5.84. The molecule has 0 radical (unpaired) electrons. The van der Waals surface area contributed by atoms with Gasteiger partial charge in [0.05, 0.1) is 6.54 Å². The fourth-order valence-electron chi connectivity index (χ4n) is 2.96.